The van der Waals surface area contributed by atoms with Crippen LogP contribution in [-0.4, -0.2) is 18.9 Å². The molecule has 0 atom stereocenters. The zero-order chi connectivity index (χ0) is 15.7. The molecule has 0 amide bonds. The van der Waals surface area contributed by atoms with E-state index in [1.807, 2.05) is 0 Å². The van der Waals surface area contributed by atoms with Crippen molar-refractivity contribution in [1.82, 2.24) is 4.98 Å². The van der Waals surface area contributed by atoms with E-state index in [0.29, 0.717) is 5.56 Å². The molecule has 0 aliphatic rings. The number of rotatable bonds is 3. The summed E-state index contributed by atoms with van der Waals surface area (Å²) >= 11 is 0. The van der Waals surface area contributed by atoms with Crippen molar-refractivity contribution in [1.29, 1.82) is 0 Å². The topological polar surface area (TPSA) is 59.1 Å². The van der Waals surface area contributed by atoms with Gasteiger partial charge in [0.05, 0.1) is 5.69 Å². The second-order valence-corrected chi connectivity index (χ2v) is 5.65. The number of benzene rings is 1. The monoisotopic (exact) mass is 320 g/mol. The van der Waals surface area contributed by atoms with Gasteiger partial charge in [-0.25, -0.2) is 4.39 Å². The quantitative estimate of drug-likeness (QED) is 0.884. The van der Waals surface area contributed by atoms with E-state index in [2.05, 4.69) is 4.98 Å². The Kier molecular flexibility index (Phi) is 3.86. The minimum Gasteiger partial charge on any atom is -0.275 e. The summed E-state index contributed by atoms with van der Waals surface area (Å²) in [6.45, 7) is 0. The maximum atomic E-state index is 12.9. The molecule has 0 aliphatic heterocycles. The fraction of sp³-hybridized carbons (Fsp3) is 0.0833. The van der Waals surface area contributed by atoms with Gasteiger partial charge in [0, 0.05) is 18.0 Å². The Morgan fingerprint density at radius 2 is 1.67 bits per heavy atom. The normalized spacial score (nSPS) is 12.2. The van der Waals surface area contributed by atoms with Crippen LogP contribution in [-0.2, 0) is 10.0 Å². The summed E-state index contributed by atoms with van der Waals surface area (Å²) < 4.78 is 73.8. The number of hydrogen-bond donors (Lipinski definition) is 1. The van der Waals surface area contributed by atoms with Crippen LogP contribution in [0.5, 0.6) is 0 Å². The zero-order valence-electron chi connectivity index (χ0n) is 10.2. The molecule has 2 aromatic rings. The molecule has 0 radical (unpaired) electrons. The largest absolute Gasteiger partial charge is 0.516 e. The number of anilines is 1. The van der Waals surface area contributed by atoms with E-state index in [1.165, 1.54) is 23.1 Å². The summed E-state index contributed by atoms with van der Waals surface area (Å²) in [5.74, 6) is -0.528. The SMILES string of the molecule is O=S(=O)(Nc1ccncc1-c1ccc(F)cc1)C(F)(F)F. The van der Waals surface area contributed by atoms with Crippen LogP contribution in [0.4, 0.5) is 23.2 Å². The molecule has 2 rings (SSSR count). The van der Waals surface area contributed by atoms with Crippen LogP contribution < -0.4 is 4.72 Å². The summed E-state index contributed by atoms with van der Waals surface area (Å²) in [5, 5.41) is 0. The average molecular weight is 320 g/mol. The highest BCUT2D eigenvalue weighted by atomic mass is 32.2. The highest BCUT2D eigenvalue weighted by molar-refractivity contribution is 7.93. The minimum absolute atomic E-state index is 0.102. The molecular formula is C12H8F4N2O2S. The van der Waals surface area contributed by atoms with Crippen molar-refractivity contribution in [3.8, 4) is 11.1 Å². The van der Waals surface area contributed by atoms with Gasteiger partial charge in [0.25, 0.3) is 0 Å². The summed E-state index contributed by atoms with van der Waals surface area (Å²) in [4.78, 5) is 3.73. The number of sulfonamides is 1. The summed E-state index contributed by atoms with van der Waals surface area (Å²) in [6.07, 6.45) is 2.32. The fourth-order valence-electron chi connectivity index (χ4n) is 1.55. The lowest BCUT2D eigenvalue weighted by atomic mass is 10.1. The second-order valence-electron chi connectivity index (χ2n) is 3.98. The van der Waals surface area contributed by atoms with Crippen molar-refractivity contribution < 1.29 is 26.0 Å². The Morgan fingerprint density at radius 1 is 1.05 bits per heavy atom. The molecule has 0 fully saturated rings. The van der Waals surface area contributed by atoms with E-state index in [9.17, 15) is 26.0 Å². The molecule has 1 heterocycles. The van der Waals surface area contributed by atoms with Crippen LogP contribution in [0, 0.1) is 5.82 Å². The standard InChI is InChI=1S/C12H8F4N2O2S/c13-9-3-1-8(2-4-9)10-7-17-6-5-11(10)18-21(19,20)12(14,15)16/h1-7H,(H,17,18). The van der Waals surface area contributed by atoms with E-state index in [4.69, 9.17) is 0 Å². The molecule has 0 bridgehead atoms. The predicted octanol–water partition coefficient (Wildman–Crippen LogP) is 3.15. The van der Waals surface area contributed by atoms with E-state index in [-0.39, 0.29) is 11.3 Å². The molecule has 0 aliphatic carbocycles. The third-order valence-corrected chi connectivity index (χ3v) is 3.62. The van der Waals surface area contributed by atoms with Gasteiger partial charge in [0.15, 0.2) is 0 Å². The van der Waals surface area contributed by atoms with E-state index in [1.54, 1.807) is 0 Å². The van der Waals surface area contributed by atoms with E-state index in [0.717, 1.165) is 24.4 Å². The second kappa shape index (κ2) is 5.32. The Morgan fingerprint density at radius 3 is 2.24 bits per heavy atom. The molecule has 0 saturated carbocycles. The van der Waals surface area contributed by atoms with Gasteiger partial charge in [-0.15, -0.1) is 0 Å². The van der Waals surface area contributed by atoms with Crippen LogP contribution in [0.15, 0.2) is 42.7 Å². The van der Waals surface area contributed by atoms with E-state index < -0.39 is 21.3 Å². The summed E-state index contributed by atoms with van der Waals surface area (Å²) in [7, 11) is -5.54. The third kappa shape index (κ3) is 3.30. The Hall–Kier alpha value is -2.16. The van der Waals surface area contributed by atoms with Crippen molar-refractivity contribution in [2.45, 2.75) is 5.51 Å². The summed E-state index contributed by atoms with van der Waals surface area (Å²) in [5.41, 5.74) is -5.31. The van der Waals surface area contributed by atoms with Gasteiger partial charge in [-0.2, -0.15) is 21.6 Å². The molecule has 9 heteroatoms. The Labute approximate surface area is 117 Å². The van der Waals surface area contributed by atoms with Crippen LogP contribution in [0.25, 0.3) is 11.1 Å². The molecule has 1 aromatic heterocycles. The molecular weight excluding hydrogens is 312 g/mol. The van der Waals surface area contributed by atoms with Crippen molar-refractivity contribution in [2.24, 2.45) is 0 Å². The number of halogens is 4. The van der Waals surface area contributed by atoms with Gasteiger partial charge in [-0.1, -0.05) is 12.1 Å². The number of alkyl halides is 3. The van der Waals surface area contributed by atoms with Crippen molar-refractivity contribution in [3.63, 3.8) is 0 Å². The lowest BCUT2D eigenvalue weighted by molar-refractivity contribution is -0.0429. The molecule has 112 valence electrons. The number of nitrogens with one attached hydrogen (secondary N) is 1. The van der Waals surface area contributed by atoms with Gasteiger partial charge < -0.3 is 0 Å². The number of nitrogens with zero attached hydrogens (tertiary/aromatic N) is 1. The van der Waals surface area contributed by atoms with Crippen LogP contribution in [0.2, 0.25) is 0 Å². The maximum absolute atomic E-state index is 12.9. The van der Waals surface area contributed by atoms with E-state index >= 15 is 0 Å². The van der Waals surface area contributed by atoms with Crippen molar-refractivity contribution in [3.05, 3.63) is 48.5 Å². The molecule has 0 spiro atoms. The van der Waals surface area contributed by atoms with Gasteiger partial charge in [-0.3, -0.25) is 9.71 Å². The first-order valence-corrected chi connectivity index (χ1v) is 6.98. The zero-order valence-corrected chi connectivity index (χ0v) is 11.0. The highest BCUT2D eigenvalue weighted by Gasteiger charge is 2.46. The average Bonchev–Trinajstić information content (AvgIpc) is 2.39. The lowest BCUT2D eigenvalue weighted by Gasteiger charge is -2.13. The van der Waals surface area contributed by atoms with Gasteiger partial charge in [0.1, 0.15) is 5.82 Å². The third-order valence-electron chi connectivity index (χ3n) is 2.53. The van der Waals surface area contributed by atoms with Crippen LogP contribution >= 0.6 is 0 Å². The predicted molar refractivity (Wildman–Crippen MR) is 68.2 cm³/mol. The van der Waals surface area contributed by atoms with Gasteiger partial charge in [0.2, 0.25) is 0 Å². The lowest BCUT2D eigenvalue weighted by Crippen LogP contribution is -2.30. The Balaban J connectivity index is 2.45. The highest BCUT2D eigenvalue weighted by Crippen LogP contribution is 2.31. The molecule has 0 saturated heterocycles. The van der Waals surface area contributed by atoms with Crippen molar-refractivity contribution >= 4 is 15.7 Å². The first kappa shape index (κ1) is 15.2. The molecule has 1 N–H and O–H groups in total. The molecule has 1 aromatic carbocycles. The Bertz CT molecular complexity index is 743. The smallest absolute Gasteiger partial charge is 0.275 e. The van der Waals surface area contributed by atoms with Crippen LogP contribution in [0.1, 0.15) is 0 Å². The van der Waals surface area contributed by atoms with Gasteiger partial charge >= 0.3 is 15.5 Å². The molecule has 0 unspecified atom stereocenters. The fourth-order valence-corrected chi connectivity index (χ4v) is 2.13. The number of aromatic nitrogens is 1. The van der Waals surface area contributed by atoms with Crippen molar-refractivity contribution in [2.75, 3.05) is 4.72 Å². The molecule has 4 nitrogen and oxygen atoms in total. The maximum Gasteiger partial charge on any atom is 0.516 e. The summed E-state index contributed by atoms with van der Waals surface area (Å²) in [6, 6.07) is 5.90. The van der Waals surface area contributed by atoms with Gasteiger partial charge in [-0.05, 0) is 23.8 Å². The number of pyridine rings is 1. The molecule has 21 heavy (non-hydrogen) atoms. The number of hydrogen-bond acceptors (Lipinski definition) is 3. The minimum atomic E-state index is -5.54. The first-order valence-electron chi connectivity index (χ1n) is 5.50. The van der Waals surface area contributed by atoms with Crippen LogP contribution in [0.3, 0.4) is 0 Å². The first-order chi connectivity index (χ1) is 9.71.